The normalized spacial score (nSPS) is 10.5. The van der Waals surface area contributed by atoms with Crippen molar-refractivity contribution in [3.8, 4) is 11.8 Å². The Balaban J connectivity index is 1.61. The number of rotatable bonds is 7. The third kappa shape index (κ3) is 4.65. The molecule has 0 saturated carbocycles. The molecule has 0 fully saturated rings. The Hall–Kier alpha value is -4.44. The molecule has 4 rings (SSSR count). The highest BCUT2D eigenvalue weighted by atomic mass is 19.1. The third-order valence-electron chi connectivity index (χ3n) is 4.62. The molecule has 4 aromatic rings. The molecule has 158 valence electrons. The molecule has 0 amide bonds. The molecule has 0 N–H and O–H groups in total. The van der Waals surface area contributed by atoms with Crippen LogP contribution in [0.4, 0.5) is 4.39 Å². The fraction of sp³-hybridized carbons (Fsp3) is 0.0800. The maximum atomic E-state index is 13.1. The SMILES string of the molecule is N#Cc1cc(=O)c(OCc2ccccc2)c(C(=O)c2ccc(Cc3ccc(F)cc3)o2)o1. The van der Waals surface area contributed by atoms with E-state index < -0.39 is 17.0 Å². The molecule has 0 aliphatic rings. The molecule has 0 saturated heterocycles. The number of ketones is 1. The van der Waals surface area contributed by atoms with Crippen LogP contribution in [-0.4, -0.2) is 5.78 Å². The van der Waals surface area contributed by atoms with Crippen LogP contribution in [0.25, 0.3) is 0 Å². The van der Waals surface area contributed by atoms with Crippen molar-refractivity contribution >= 4 is 5.78 Å². The summed E-state index contributed by atoms with van der Waals surface area (Å²) in [6.45, 7) is 0.0335. The molecule has 0 aliphatic heterocycles. The van der Waals surface area contributed by atoms with Gasteiger partial charge in [0.2, 0.25) is 22.7 Å². The first-order valence-corrected chi connectivity index (χ1v) is 9.66. The highest BCUT2D eigenvalue weighted by molar-refractivity contribution is 6.06. The largest absolute Gasteiger partial charge is 0.481 e. The van der Waals surface area contributed by atoms with E-state index in [1.54, 1.807) is 36.4 Å². The number of furan rings is 1. The summed E-state index contributed by atoms with van der Waals surface area (Å²) in [6, 6.07) is 20.7. The van der Waals surface area contributed by atoms with E-state index in [0.717, 1.165) is 17.2 Å². The van der Waals surface area contributed by atoms with Crippen molar-refractivity contribution in [2.45, 2.75) is 13.0 Å². The molecule has 2 aromatic heterocycles. The fourth-order valence-corrected chi connectivity index (χ4v) is 3.06. The van der Waals surface area contributed by atoms with Gasteiger partial charge in [-0.2, -0.15) is 5.26 Å². The fourth-order valence-electron chi connectivity index (χ4n) is 3.06. The van der Waals surface area contributed by atoms with Crippen LogP contribution in [0.1, 0.15) is 39.0 Å². The van der Waals surface area contributed by atoms with E-state index in [0.29, 0.717) is 12.2 Å². The van der Waals surface area contributed by atoms with Crippen LogP contribution in [0.2, 0.25) is 0 Å². The maximum absolute atomic E-state index is 13.1. The summed E-state index contributed by atoms with van der Waals surface area (Å²) in [5.41, 5.74) is 0.934. The first-order chi connectivity index (χ1) is 15.5. The minimum atomic E-state index is -0.729. The second-order valence-corrected chi connectivity index (χ2v) is 6.92. The second kappa shape index (κ2) is 9.14. The van der Waals surface area contributed by atoms with E-state index >= 15 is 0 Å². The van der Waals surface area contributed by atoms with Crippen LogP contribution in [0, 0.1) is 17.1 Å². The zero-order valence-electron chi connectivity index (χ0n) is 16.7. The van der Waals surface area contributed by atoms with Gasteiger partial charge in [0.05, 0.1) is 0 Å². The Morgan fingerprint density at radius 2 is 1.72 bits per heavy atom. The summed E-state index contributed by atoms with van der Waals surface area (Å²) in [5, 5.41) is 9.14. The van der Waals surface area contributed by atoms with Gasteiger partial charge in [0.1, 0.15) is 24.3 Å². The van der Waals surface area contributed by atoms with Gasteiger partial charge in [0, 0.05) is 12.5 Å². The lowest BCUT2D eigenvalue weighted by Gasteiger charge is -2.09. The standard InChI is InChI=1S/C25H16FNO5/c26-18-8-6-16(7-9-18)12-19-10-11-22(31-19)23(29)25-24(21(28)13-20(14-27)32-25)30-15-17-4-2-1-3-5-17/h1-11,13H,12,15H2. The summed E-state index contributed by atoms with van der Waals surface area (Å²) in [6.07, 6.45) is 0.340. The topological polar surface area (TPSA) is 93.4 Å². The Kier molecular flexibility index (Phi) is 5.95. The second-order valence-electron chi connectivity index (χ2n) is 6.92. The molecular weight excluding hydrogens is 413 g/mol. The Morgan fingerprint density at radius 1 is 0.969 bits per heavy atom. The van der Waals surface area contributed by atoms with Crippen molar-refractivity contribution in [1.29, 1.82) is 5.26 Å². The van der Waals surface area contributed by atoms with E-state index in [9.17, 15) is 14.0 Å². The molecular formula is C25H16FNO5. The number of ether oxygens (including phenoxy) is 1. The number of nitriles is 1. The Bertz CT molecular complexity index is 1350. The highest BCUT2D eigenvalue weighted by Gasteiger charge is 2.25. The maximum Gasteiger partial charge on any atom is 0.267 e. The molecule has 32 heavy (non-hydrogen) atoms. The summed E-state index contributed by atoms with van der Waals surface area (Å²) in [7, 11) is 0. The van der Waals surface area contributed by atoms with Gasteiger partial charge >= 0.3 is 0 Å². The predicted molar refractivity (Wildman–Crippen MR) is 112 cm³/mol. The molecule has 7 heteroatoms. The zero-order valence-corrected chi connectivity index (χ0v) is 16.7. The lowest BCUT2D eigenvalue weighted by molar-refractivity contribution is 0.0970. The van der Waals surface area contributed by atoms with E-state index in [-0.39, 0.29) is 29.7 Å². The van der Waals surface area contributed by atoms with Crippen LogP contribution in [-0.2, 0) is 13.0 Å². The molecule has 6 nitrogen and oxygen atoms in total. The number of carbonyl (C=O) groups is 1. The zero-order chi connectivity index (χ0) is 22.5. The van der Waals surface area contributed by atoms with Gasteiger partial charge in [-0.05, 0) is 35.4 Å². The molecule has 0 bridgehead atoms. The van der Waals surface area contributed by atoms with Crippen molar-refractivity contribution < 1.29 is 22.8 Å². The van der Waals surface area contributed by atoms with E-state index in [2.05, 4.69) is 0 Å². The lowest BCUT2D eigenvalue weighted by atomic mass is 10.1. The minimum absolute atomic E-state index is 0.0335. The summed E-state index contributed by atoms with van der Waals surface area (Å²) in [4.78, 5) is 25.5. The van der Waals surface area contributed by atoms with Gasteiger partial charge in [-0.25, -0.2) is 4.39 Å². The molecule has 0 radical (unpaired) electrons. The van der Waals surface area contributed by atoms with Gasteiger partial charge in [-0.3, -0.25) is 9.59 Å². The number of halogens is 1. The van der Waals surface area contributed by atoms with Gasteiger partial charge in [-0.1, -0.05) is 42.5 Å². The van der Waals surface area contributed by atoms with E-state index in [1.807, 2.05) is 18.2 Å². The third-order valence-corrected chi connectivity index (χ3v) is 4.62. The van der Waals surface area contributed by atoms with Gasteiger partial charge in [0.25, 0.3) is 5.78 Å². The van der Waals surface area contributed by atoms with Gasteiger partial charge in [0.15, 0.2) is 5.76 Å². The van der Waals surface area contributed by atoms with Crippen LogP contribution >= 0.6 is 0 Å². The summed E-state index contributed by atoms with van der Waals surface area (Å²) < 4.78 is 29.7. The average Bonchev–Trinajstić information content (AvgIpc) is 3.28. The van der Waals surface area contributed by atoms with Crippen molar-refractivity contribution in [2.75, 3.05) is 0 Å². The first-order valence-electron chi connectivity index (χ1n) is 9.66. The Labute approximate surface area is 182 Å². The van der Waals surface area contributed by atoms with Crippen LogP contribution in [0.15, 0.2) is 86.4 Å². The van der Waals surface area contributed by atoms with E-state index in [1.165, 1.54) is 18.2 Å². The van der Waals surface area contributed by atoms with Gasteiger partial charge in [-0.15, -0.1) is 0 Å². The first kappa shape index (κ1) is 20.8. The number of nitrogens with zero attached hydrogens (tertiary/aromatic N) is 1. The molecule has 2 aromatic carbocycles. The number of benzene rings is 2. The minimum Gasteiger partial charge on any atom is -0.481 e. The average molecular weight is 429 g/mol. The van der Waals surface area contributed by atoms with Gasteiger partial charge < -0.3 is 13.6 Å². The number of hydrogen-bond acceptors (Lipinski definition) is 6. The van der Waals surface area contributed by atoms with Crippen LogP contribution in [0.3, 0.4) is 0 Å². The van der Waals surface area contributed by atoms with Crippen molar-refractivity contribution in [1.82, 2.24) is 0 Å². The van der Waals surface area contributed by atoms with Crippen LogP contribution in [0.5, 0.6) is 5.75 Å². The Morgan fingerprint density at radius 3 is 2.44 bits per heavy atom. The van der Waals surface area contributed by atoms with Crippen molar-refractivity contribution in [3.05, 3.63) is 123 Å². The highest BCUT2D eigenvalue weighted by Crippen LogP contribution is 2.23. The molecule has 0 atom stereocenters. The lowest BCUT2D eigenvalue weighted by Crippen LogP contribution is -2.14. The smallest absolute Gasteiger partial charge is 0.267 e. The summed E-state index contributed by atoms with van der Waals surface area (Å²) >= 11 is 0. The van der Waals surface area contributed by atoms with E-state index in [4.69, 9.17) is 18.8 Å². The molecule has 0 aliphatic carbocycles. The van der Waals surface area contributed by atoms with Crippen LogP contribution < -0.4 is 10.2 Å². The summed E-state index contributed by atoms with van der Waals surface area (Å²) in [5.74, 6) is -1.71. The molecule has 0 unspecified atom stereocenters. The predicted octanol–water partition coefficient (Wildman–Crippen LogP) is 4.64. The van der Waals surface area contributed by atoms with Crippen molar-refractivity contribution in [2.24, 2.45) is 0 Å². The quantitative estimate of drug-likeness (QED) is 0.397. The van der Waals surface area contributed by atoms with Crippen molar-refractivity contribution in [3.63, 3.8) is 0 Å². The number of carbonyl (C=O) groups excluding carboxylic acids is 1. The number of hydrogen-bond donors (Lipinski definition) is 0. The monoisotopic (exact) mass is 429 g/mol. The molecule has 0 spiro atoms. The molecule has 2 heterocycles.